The third-order valence-corrected chi connectivity index (χ3v) is 4.30. The van der Waals surface area contributed by atoms with Crippen LogP contribution in [0.5, 0.6) is 11.5 Å². The van der Waals surface area contributed by atoms with Gasteiger partial charge in [0.2, 0.25) is 11.8 Å². The van der Waals surface area contributed by atoms with Crippen LogP contribution in [0.3, 0.4) is 0 Å². The van der Waals surface area contributed by atoms with E-state index >= 15 is 0 Å². The van der Waals surface area contributed by atoms with E-state index in [1.165, 1.54) is 0 Å². The Hall–Kier alpha value is -2.97. The second kappa shape index (κ2) is 8.61. The lowest BCUT2D eigenvalue weighted by atomic mass is 10.2. The van der Waals surface area contributed by atoms with Gasteiger partial charge >= 0.3 is 6.09 Å². The van der Waals surface area contributed by atoms with Gasteiger partial charge in [-0.1, -0.05) is 0 Å². The number of nitrogens with one attached hydrogen (secondary N) is 1. The number of hydrogen-bond acceptors (Lipinski definition) is 6. The van der Waals surface area contributed by atoms with Crippen molar-refractivity contribution in [3.05, 3.63) is 18.2 Å². The van der Waals surface area contributed by atoms with Crippen LogP contribution >= 0.6 is 0 Å². The third-order valence-electron chi connectivity index (χ3n) is 4.30. The minimum absolute atomic E-state index is 0.256. The molecule has 0 unspecified atom stereocenters. The van der Waals surface area contributed by atoms with Crippen LogP contribution in [0, 0.1) is 0 Å². The van der Waals surface area contributed by atoms with Crippen LogP contribution in [0.15, 0.2) is 18.2 Å². The Morgan fingerprint density at radius 3 is 2.41 bits per heavy atom. The zero-order chi connectivity index (χ0) is 19.2. The second-order valence-electron chi connectivity index (χ2n) is 6.15. The van der Waals surface area contributed by atoms with Crippen molar-refractivity contribution in [3.63, 3.8) is 0 Å². The Labute approximate surface area is 157 Å². The lowest BCUT2D eigenvalue weighted by Crippen LogP contribution is -2.51. The Morgan fingerprint density at radius 2 is 1.70 bits per heavy atom. The molecular formula is C18H23N3O6. The molecule has 27 heavy (non-hydrogen) atoms. The fourth-order valence-corrected chi connectivity index (χ4v) is 2.93. The Kier molecular flexibility index (Phi) is 6.00. The maximum absolute atomic E-state index is 12.3. The molecule has 9 heteroatoms. The predicted octanol–water partition coefficient (Wildman–Crippen LogP) is 1.09. The average Bonchev–Trinajstić information content (AvgIpc) is 2.68. The van der Waals surface area contributed by atoms with E-state index in [-0.39, 0.29) is 18.4 Å². The molecule has 2 heterocycles. The Balaban J connectivity index is 1.47. The van der Waals surface area contributed by atoms with Crippen molar-refractivity contribution in [2.75, 3.05) is 51.3 Å². The number of carbonyl (C=O) groups is 3. The molecular weight excluding hydrogens is 354 g/mol. The van der Waals surface area contributed by atoms with Gasteiger partial charge in [0, 0.05) is 37.9 Å². The standard InChI is InChI=1S/C18H23N3O6/c1-2-25-18(24)21-7-5-20(6-8-21)17(23)12-16(22)19-13-3-4-14-15(11-13)27-10-9-26-14/h3-4,11H,2,5-10,12H2,1H3,(H,19,22). The predicted molar refractivity (Wildman–Crippen MR) is 95.9 cm³/mol. The van der Waals surface area contributed by atoms with Crippen molar-refractivity contribution in [2.45, 2.75) is 13.3 Å². The largest absolute Gasteiger partial charge is 0.486 e. The van der Waals surface area contributed by atoms with Crippen LogP contribution in [0.4, 0.5) is 10.5 Å². The molecule has 0 aromatic heterocycles. The maximum atomic E-state index is 12.3. The summed E-state index contributed by atoms with van der Waals surface area (Å²) in [6.07, 6.45) is -0.630. The molecule has 2 aliphatic rings. The van der Waals surface area contributed by atoms with Gasteiger partial charge < -0.3 is 29.3 Å². The van der Waals surface area contributed by atoms with Gasteiger partial charge in [-0.05, 0) is 19.1 Å². The molecule has 1 fully saturated rings. The first kappa shape index (κ1) is 18.8. The topological polar surface area (TPSA) is 97.4 Å². The molecule has 3 rings (SSSR count). The van der Waals surface area contributed by atoms with Gasteiger partial charge in [0.05, 0.1) is 6.61 Å². The molecule has 0 radical (unpaired) electrons. The van der Waals surface area contributed by atoms with E-state index in [9.17, 15) is 14.4 Å². The van der Waals surface area contributed by atoms with Gasteiger partial charge in [-0.2, -0.15) is 0 Å². The molecule has 1 N–H and O–H groups in total. The number of fused-ring (bicyclic) bond motifs is 1. The summed E-state index contributed by atoms with van der Waals surface area (Å²) in [7, 11) is 0. The summed E-state index contributed by atoms with van der Waals surface area (Å²) in [4.78, 5) is 39.3. The number of amides is 3. The first-order valence-corrected chi connectivity index (χ1v) is 8.96. The number of ether oxygens (including phenoxy) is 3. The highest BCUT2D eigenvalue weighted by atomic mass is 16.6. The molecule has 0 bridgehead atoms. The molecule has 1 aromatic carbocycles. The first-order valence-electron chi connectivity index (χ1n) is 8.96. The first-order chi connectivity index (χ1) is 13.1. The van der Waals surface area contributed by atoms with E-state index < -0.39 is 5.91 Å². The van der Waals surface area contributed by atoms with Gasteiger partial charge in [0.25, 0.3) is 0 Å². The molecule has 0 spiro atoms. The number of rotatable bonds is 4. The molecule has 3 amide bonds. The molecule has 0 atom stereocenters. The normalized spacial score (nSPS) is 15.9. The van der Waals surface area contributed by atoms with Gasteiger partial charge in [-0.25, -0.2) is 4.79 Å². The van der Waals surface area contributed by atoms with E-state index in [1.54, 1.807) is 34.9 Å². The lowest BCUT2D eigenvalue weighted by Gasteiger charge is -2.34. The zero-order valence-corrected chi connectivity index (χ0v) is 15.2. The molecule has 2 aliphatic heterocycles. The van der Waals surface area contributed by atoms with E-state index in [4.69, 9.17) is 14.2 Å². The number of nitrogens with zero attached hydrogens (tertiary/aromatic N) is 2. The summed E-state index contributed by atoms with van der Waals surface area (Å²) >= 11 is 0. The molecule has 9 nitrogen and oxygen atoms in total. The molecule has 146 valence electrons. The Morgan fingerprint density at radius 1 is 1.04 bits per heavy atom. The monoisotopic (exact) mass is 377 g/mol. The van der Waals surface area contributed by atoms with E-state index in [0.29, 0.717) is 63.2 Å². The summed E-state index contributed by atoms with van der Waals surface area (Å²) in [5.41, 5.74) is 0.546. The zero-order valence-electron chi connectivity index (χ0n) is 15.2. The summed E-state index contributed by atoms with van der Waals surface area (Å²) < 4.78 is 15.9. The SMILES string of the molecule is CCOC(=O)N1CCN(C(=O)CC(=O)Nc2ccc3c(c2)OCCO3)CC1. The smallest absolute Gasteiger partial charge is 0.409 e. The fraction of sp³-hybridized carbons (Fsp3) is 0.500. The Bertz CT molecular complexity index is 715. The molecule has 0 saturated carbocycles. The van der Waals surface area contributed by atoms with Gasteiger partial charge in [0.15, 0.2) is 11.5 Å². The third kappa shape index (κ3) is 4.81. The van der Waals surface area contributed by atoms with Crippen LogP contribution in [0.2, 0.25) is 0 Å². The quantitative estimate of drug-likeness (QED) is 0.789. The number of benzene rings is 1. The number of carbonyl (C=O) groups excluding carboxylic acids is 3. The van der Waals surface area contributed by atoms with Gasteiger partial charge in [-0.3, -0.25) is 9.59 Å². The van der Waals surface area contributed by atoms with Crippen molar-refractivity contribution in [2.24, 2.45) is 0 Å². The van der Waals surface area contributed by atoms with Crippen LogP contribution in [-0.4, -0.2) is 73.7 Å². The average molecular weight is 377 g/mol. The van der Waals surface area contributed by atoms with Crippen LogP contribution in [0.1, 0.15) is 13.3 Å². The van der Waals surface area contributed by atoms with Crippen molar-refractivity contribution in [3.8, 4) is 11.5 Å². The highest BCUT2D eigenvalue weighted by Gasteiger charge is 2.26. The number of anilines is 1. The summed E-state index contributed by atoms with van der Waals surface area (Å²) in [6, 6.07) is 5.10. The molecule has 0 aliphatic carbocycles. The molecule has 1 aromatic rings. The van der Waals surface area contributed by atoms with E-state index in [2.05, 4.69) is 5.32 Å². The highest BCUT2D eigenvalue weighted by Crippen LogP contribution is 2.32. The lowest BCUT2D eigenvalue weighted by molar-refractivity contribution is -0.135. The second-order valence-corrected chi connectivity index (χ2v) is 6.15. The fourth-order valence-electron chi connectivity index (χ4n) is 2.93. The minimum Gasteiger partial charge on any atom is -0.486 e. The summed E-state index contributed by atoms with van der Waals surface area (Å²) in [5, 5.41) is 2.70. The number of hydrogen-bond donors (Lipinski definition) is 1. The maximum Gasteiger partial charge on any atom is 0.409 e. The van der Waals surface area contributed by atoms with Crippen molar-refractivity contribution in [1.82, 2.24) is 9.80 Å². The van der Waals surface area contributed by atoms with Crippen molar-refractivity contribution in [1.29, 1.82) is 0 Å². The highest BCUT2D eigenvalue weighted by molar-refractivity contribution is 6.03. The number of piperazine rings is 1. The van der Waals surface area contributed by atoms with Crippen LogP contribution < -0.4 is 14.8 Å². The summed E-state index contributed by atoms with van der Waals surface area (Å²) in [6.45, 7) is 4.58. The van der Waals surface area contributed by atoms with Crippen molar-refractivity contribution >= 4 is 23.6 Å². The molecule has 1 saturated heterocycles. The van der Waals surface area contributed by atoms with E-state index in [1.807, 2.05) is 0 Å². The van der Waals surface area contributed by atoms with Gasteiger partial charge in [0.1, 0.15) is 19.6 Å². The van der Waals surface area contributed by atoms with Gasteiger partial charge in [-0.15, -0.1) is 0 Å². The summed E-state index contributed by atoms with van der Waals surface area (Å²) in [5.74, 6) is 0.535. The van der Waals surface area contributed by atoms with E-state index in [0.717, 1.165) is 0 Å². The van der Waals surface area contributed by atoms with Crippen molar-refractivity contribution < 1.29 is 28.6 Å². The van der Waals surface area contributed by atoms with Crippen LogP contribution in [-0.2, 0) is 14.3 Å². The minimum atomic E-state index is -0.399. The van der Waals surface area contributed by atoms with Crippen LogP contribution in [0.25, 0.3) is 0 Å².